The van der Waals surface area contributed by atoms with Crippen molar-refractivity contribution in [3.8, 4) is 0 Å². The Morgan fingerprint density at radius 1 is 1.23 bits per heavy atom. The van der Waals surface area contributed by atoms with Crippen LogP contribution in [0.3, 0.4) is 0 Å². The van der Waals surface area contributed by atoms with E-state index in [2.05, 4.69) is 21.8 Å². The summed E-state index contributed by atoms with van der Waals surface area (Å²) in [7, 11) is 1.86. The predicted molar refractivity (Wildman–Crippen MR) is 104 cm³/mol. The molecule has 0 aliphatic carbocycles. The largest absolute Gasteiger partial charge is 0.354 e. The highest BCUT2D eigenvalue weighted by Crippen LogP contribution is 2.25. The molecule has 3 heterocycles. The summed E-state index contributed by atoms with van der Waals surface area (Å²) in [5.41, 5.74) is 1.90. The van der Waals surface area contributed by atoms with Gasteiger partial charge < -0.3 is 9.80 Å². The number of anilines is 1. The lowest BCUT2D eigenvalue weighted by Crippen LogP contribution is -2.39. The van der Waals surface area contributed by atoms with Gasteiger partial charge in [0.15, 0.2) is 0 Å². The molecule has 2 aromatic heterocycles. The van der Waals surface area contributed by atoms with Crippen LogP contribution in [0.5, 0.6) is 0 Å². The second-order valence-electron chi connectivity index (χ2n) is 6.99. The molecule has 5 nitrogen and oxygen atoms in total. The highest BCUT2D eigenvalue weighted by Gasteiger charge is 2.23. The number of hydrogen-bond donors (Lipinski definition) is 0. The Labute approximate surface area is 156 Å². The van der Waals surface area contributed by atoms with E-state index >= 15 is 0 Å². The lowest BCUT2D eigenvalue weighted by atomic mass is 10.00. The first-order valence-corrected chi connectivity index (χ1v) is 9.56. The molecule has 26 heavy (non-hydrogen) atoms. The molecule has 1 aliphatic rings. The molecular formula is C21H28N4O. The molecule has 138 valence electrons. The van der Waals surface area contributed by atoms with E-state index in [4.69, 9.17) is 0 Å². The lowest BCUT2D eigenvalue weighted by molar-refractivity contribution is 0.0796. The zero-order valence-corrected chi connectivity index (χ0v) is 15.8. The van der Waals surface area contributed by atoms with Gasteiger partial charge in [-0.2, -0.15) is 0 Å². The molecular weight excluding hydrogens is 324 g/mol. The van der Waals surface area contributed by atoms with Gasteiger partial charge in [-0.15, -0.1) is 0 Å². The van der Waals surface area contributed by atoms with E-state index in [1.165, 1.54) is 24.8 Å². The van der Waals surface area contributed by atoms with Crippen molar-refractivity contribution >= 4 is 11.7 Å². The van der Waals surface area contributed by atoms with Crippen LogP contribution in [-0.4, -0.2) is 47.0 Å². The highest BCUT2D eigenvalue weighted by molar-refractivity contribution is 5.94. The van der Waals surface area contributed by atoms with Crippen molar-refractivity contribution in [2.75, 3.05) is 25.0 Å². The minimum absolute atomic E-state index is 0.0489. The number of pyridine rings is 2. The van der Waals surface area contributed by atoms with Crippen LogP contribution >= 0.6 is 0 Å². The van der Waals surface area contributed by atoms with Crippen LogP contribution in [-0.2, 0) is 6.42 Å². The van der Waals surface area contributed by atoms with Crippen LogP contribution in [0.1, 0.15) is 48.5 Å². The van der Waals surface area contributed by atoms with Crippen molar-refractivity contribution in [1.82, 2.24) is 14.9 Å². The van der Waals surface area contributed by atoms with Crippen molar-refractivity contribution < 1.29 is 4.79 Å². The predicted octanol–water partition coefficient (Wildman–Crippen LogP) is 3.56. The number of likely N-dealkylation sites (N-methyl/N-ethyl adjacent to an activating group) is 1. The fourth-order valence-electron chi connectivity index (χ4n) is 3.60. The summed E-state index contributed by atoms with van der Waals surface area (Å²) >= 11 is 0. The molecule has 0 aromatic carbocycles. The van der Waals surface area contributed by atoms with Gasteiger partial charge in [0, 0.05) is 50.3 Å². The molecule has 0 N–H and O–H groups in total. The molecule has 1 saturated heterocycles. The van der Waals surface area contributed by atoms with Crippen molar-refractivity contribution in [3.63, 3.8) is 0 Å². The number of nitrogens with zero attached hydrogens (tertiary/aromatic N) is 4. The Morgan fingerprint density at radius 2 is 2.04 bits per heavy atom. The fourth-order valence-corrected chi connectivity index (χ4v) is 3.60. The van der Waals surface area contributed by atoms with Crippen LogP contribution in [0.2, 0.25) is 0 Å². The molecule has 1 amide bonds. The lowest BCUT2D eigenvalue weighted by Gasteiger charge is -2.36. The number of hydrogen-bond acceptors (Lipinski definition) is 4. The van der Waals surface area contributed by atoms with Crippen LogP contribution in [0.15, 0.2) is 42.9 Å². The zero-order valence-electron chi connectivity index (χ0n) is 15.8. The Morgan fingerprint density at radius 3 is 2.81 bits per heavy atom. The summed E-state index contributed by atoms with van der Waals surface area (Å²) in [5.74, 6) is 0.984. The summed E-state index contributed by atoms with van der Waals surface area (Å²) in [5, 5.41) is 0. The fraction of sp³-hybridized carbons (Fsp3) is 0.476. The molecule has 0 radical (unpaired) electrons. The number of aromatic nitrogens is 2. The first-order valence-electron chi connectivity index (χ1n) is 9.56. The van der Waals surface area contributed by atoms with Crippen molar-refractivity contribution in [3.05, 3.63) is 54.0 Å². The van der Waals surface area contributed by atoms with E-state index in [0.717, 1.165) is 25.2 Å². The summed E-state index contributed by atoms with van der Waals surface area (Å²) in [6.07, 6.45) is 11.0. The Kier molecular flexibility index (Phi) is 6.21. The molecule has 0 bridgehead atoms. The average Bonchev–Trinajstić information content (AvgIpc) is 2.72. The van der Waals surface area contributed by atoms with Crippen molar-refractivity contribution in [1.29, 1.82) is 0 Å². The van der Waals surface area contributed by atoms with Gasteiger partial charge in [-0.25, -0.2) is 4.98 Å². The van der Waals surface area contributed by atoms with Gasteiger partial charge in [0.25, 0.3) is 5.91 Å². The van der Waals surface area contributed by atoms with Crippen LogP contribution < -0.4 is 4.90 Å². The molecule has 2 aromatic rings. The third-order valence-electron chi connectivity index (χ3n) is 5.22. The van der Waals surface area contributed by atoms with Gasteiger partial charge in [0.2, 0.25) is 0 Å². The topological polar surface area (TPSA) is 49.3 Å². The number of piperidine rings is 1. The van der Waals surface area contributed by atoms with Crippen LogP contribution in [0.25, 0.3) is 0 Å². The number of carbonyl (C=O) groups is 1. The van der Waals surface area contributed by atoms with Crippen molar-refractivity contribution in [2.24, 2.45) is 0 Å². The van der Waals surface area contributed by atoms with E-state index in [-0.39, 0.29) is 5.91 Å². The maximum atomic E-state index is 12.8. The standard InChI is InChI=1S/C21H28N4O/c1-3-19-6-4-5-14-25(19)20-16-18(9-13-23-20)21(26)24(2)15-10-17-7-11-22-12-8-17/h7-9,11-13,16,19H,3-6,10,14-15H2,1-2H3. The average molecular weight is 352 g/mol. The molecule has 0 saturated carbocycles. The molecule has 3 rings (SSSR count). The quantitative estimate of drug-likeness (QED) is 0.798. The molecule has 1 aliphatic heterocycles. The minimum Gasteiger partial charge on any atom is -0.354 e. The third kappa shape index (κ3) is 4.40. The number of rotatable bonds is 6. The molecule has 1 fully saturated rings. The molecule has 1 unspecified atom stereocenters. The number of carbonyl (C=O) groups excluding carboxylic acids is 1. The van der Waals surface area contributed by atoms with E-state index in [0.29, 0.717) is 18.2 Å². The number of amides is 1. The van der Waals surface area contributed by atoms with Gasteiger partial charge in [-0.1, -0.05) is 6.92 Å². The molecule has 1 atom stereocenters. The van der Waals surface area contributed by atoms with Gasteiger partial charge in [-0.3, -0.25) is 9.78 Å². The van der Waals surface area contributed by atoms with Crippen LogP contribution in [0, 0.1) is 0 Å². The maximum absolute atomic E-state index is 12.8. The molecule has 0 spiro atoms. The van der Waals surface area contributed by atoms with E-state index in [1.54, 1.807) is 23.5 Å². The van der Waals surface area contributed by atoms with E-state index in [9.17, 15) is 4.79 Å². The van der Waals surface area contributed by atoms with Gasteiger partial charge in [-0.05, 0) is 61.9 Å². The Balaban J connectivity index is 1.67. The van der Waals surface area contributed by atoms with Crippen LogP contribution in [0.4, 0.5) is 5.82 Å². The maximum Gasteiger partial charge on any atom is 0.253 e. The van der Waals surface area contributed by atoms with Crippen molar-refractivity contribution in [2.45, 2.75) is 45.1 Å². The second kappa shape index (κ2) is 8.79. The Bertz CT molecular complexity index is 719. The van der Waals surface area contributed by atoms with Gasteiger partial charge in [0.1, 0.15) is 5.82 Å². The smallest absolute Gasteiger partial charge is 0.253 e. The van der Waals surface area contributed by atoms with Gasteiger partial charge >= 0.3 is 0 Å². The summed E-state index contributed by atoms with van der Waals surface area (Å²) in [4.78, 5) is 25.6. The van der Waals surface area contributed by atoms with Gasteiger partial charge in [0.05, 0.1) is 0 Å². The third-order valence-corrected chi connectivity index (χ3v) is 5.22. The van der Waals surface area contributed by atoms with E-state index in [1.807, 2.05) is 31.3 Å². The first kappa shape index (κ1) is 18.4. The second-order valence-corrected chi connectivity index (χ2v) is 6.99. The highest BCUT2D eigenvalue weighted by atomic mass is 16.2. The summed E-state index contributed by atoms with van der Waals surface area (Å²) in [6.45, 7) is 3.94. The SMILES string of the molecule is CCC1CCCCN1c1cc(C(=O)N(C)CCc2ccncc2)ccn1. The zero-order chi connectivity index (χ0) is 18.4. The molecule has 5 heteroatoms. The minimum atomic E-state index is 0.0489. The Hall–Kier alpha value is -2.43. The van der Waals surface area contributed by atoms with E-state index < -0.39 is 0 Å². The normalized spacial score (nSPS) is 17.2. The summed E-state index contributed by atoms with van der Waals surface area (Å²) in [6, 6.07) is 8.29. The monoisotopic (exact) mass is 352 g/mol. The first-order chi connectivity index (χ1) is 12.7. The summed E-state index contributed by atoms with van der Waals surface area (Å²) < 4.78 is 0.